The van der Waals surface area contributed by atoms with E-state index in [-0.39, 0.29) is 18.2 Å². The van der Waals surface area contributed by atoms with Crippen LogP contribution < -0.4 is 15.0 Å². The van der Waals surface area contributed by atoms with Crippen molar-refractivity contribution in [3.63, 3.8) is 0 Å². The van der Waals surface area contributed by atoms with Gasteiger partial charge in [-0.3, -0.25) is 10.2 Å². The first-order valence-electron chi connectivity index (χ1n) is 12.6. The Morgan fingerprint density at radius 1 is 1.17 bits per heavy atom. The Bertz CT molecular complexity index is 1340. The van der Waals surface area contributed by atoms with Crippen LogP contribution in [0.2, 0.25) is 0 Å². The molecule has 2 aliphatic heterocycles. The van der Waals surface area contributed by atoms with E-state index in [0.29, 0.717) is 28.2 Å². The summed E-state index contributed by atoms with van der Waals surface area (Å²) in [7, 11) is 0. The van der Waals surface area contributed by atoms with Crippen molar-refractivity contribution < 1.29 is 14.3 Å². The smallest absolute Gasteiger partial charge is 0.231 e. The van der Waals surface area contributed by atoms with Gasteiger partial charge in [-0.15, -0.1) is 0 Å². The second-order valence-electron chi connectivity index (χ2n) is 9.80. The predicted molar refractivity (Wildman–Crippen MR) is 138 cm³/mol. The van der Waals surface area contributed by atoms with Gasteiger partial charge in [0, 0.05) is 34.9 Å². The molecule has 0 unspecified atom stereocenters. The van der Waals surface area contributed by atoms with E-state index in [1.54, 1.807) is 6.33 Å². The first-order chi connectivity index (χ1) is 17.5. The molecule has 36 heavy (non-hydrogen) atoms. The van der Waals surface area contributed by atoms with Gasteiger partial charge in [0.15, 0.2) is 27.8 Å². The number of fused-ring (bicyclic) bond motifs is 2. The number of imidazole rings is 1. The summed E-state index contributed by atoms with van der Waals surface area (Å²) in [6.07, 6.45) is 9.36. The highest BCUT2D eigenvalue weighted by atomic mass is 79.9. The average Bonchev–Trinajstić information content (AvgIpc) is 3.65. The zero-order chi connectivity index (χ0) is 24.6. The quantitative estimate of drug-likeness (QED) is 0.443. The van der Waals surface area contributed by atoms with Crippen molar-refractivity contribution in [1.29, 1.82) is 5.41 Å². The lowest BCUT2D eigenvalue weighted by Crippen LogP contribution is -2.41. The van der Waals surface area contributed by atoms with E-state index < -0.39 is 0 Å². The maximum absolute atomic E-state index is 12.7. The van der Waals surface area contributed by atoms with Crippen molar-refractivity contribution in [1.82, 2.24) is 24.4 Å². The molecule has 9 nitrogen and oxygen atoms in total. The number of piperidine rings is 1. The van der Waals surface area contributed by atoms with Gasteiger partial charge in [0.1, 0.15) is 5.52 Å². The minimum Gasteiger partial charge on any atom is -0.454 e. The van der Waals surface area contributed by atoms with Crippen molar-refractivity contribution >= 4 is 44.8 Å². The largest absolute Gasteiger partial charge is 0.454 e. The first kappa shape index (κ1) is 23.8. The van der Waals surface area contributed by atoms with Crippen molar-refractivity contribution in [2.24, 2.45) is 11.8 Å². The van der Waals surface area contributed by atoms with Crippen LogP contribution in [0.4, 0.5) is 0 Å². The number of amides is 1. The molecule has 0 radical (unpaired) electrons. The Balaban J connectivity index is 1.12. The highest BCUT2D eigenvalue weighted by molar-refractivity contribution is 9.10. The number of rotatable bonds is 6. The summed E-state index contributed by atoms with van der Waals surface area (Å²) >= 11 is 5.08. The Morgan fingerprint density at radius 2 is 1.92 bits per heavy atom. The molecule has 1 aromatic carbocycles. The lowest BCUT2D eigenvalue weighted by molar-refractivity contribution is -0.136. The molecule has 2 fully saturated rings. The van der Waals surface area contributed by atoms with Crippen LogP contribution in [-0.4, -0.2) is 50.2 Å². The van der Waals surface area contributed by atoms with E-state index in [9.17, 15) is 4.79 Å². The van der Waals surface area contributed by atoms with Crippen molar-refractivity contribution in [2.75, 3.05) is 19.9 Å². The number of ether oxygens (including phenoxy) is 2. The summed E-state index contributed by atoms with van der Waals surface area (Å²) in [4.78, 5) is 28.2. The van der Waals surface area contributed by atoms with Gasteiger partial charge < -0.3 is 23.9 Å². The number of nitrogens with one attached hydrogen (secondary N) is 2. The number of halogens is 1. The second kappa shape index (κ2) is 10.1. The molecule has 1 amide bonds. The number of benzene rings is 1. The van der Waals surface area contributed by atoms with Gasteiger partial charge in [-0.25, -0.2) is 9.97 Å². The molecule has 3 aliphatic rings. The summed E-state index contributed by atoms with van der Waals surface area (Å²) < 4.78 is 13.9. The fraction of sp³-hybridized carbons (Fsp3) is 0.520. The Morgan fingerprint density at radius 3 is 2.69 bits per heavy atom. The molecular formula is C25H29BrN6O3S. The number of carbonyl (C=O) groups is 1. The van der Waals surface area contributed by atoms with Gasteiger partial charge in [-0.2, -0.15) is 0 Å². The van der Waals surface area contributed by atoms with Gasteiger partial charge in [0.25, 0.3) is 0 Å². The summed E-state index contributed by atoms with van der Waals surface area (Å²) in [6.45, 7) is 2.76. The molecule has 1 saturated heterocycles. The minimum absolute atomic E-state index is 0.184. The molecule has 1 aliphatic carbocycles. The van der Waals surface area contributed by atoms with Crippen molar-refractivity contribution in [3.8, 4) is 11.5 Å². The van der Waals surface area contributed by atoms with Gasteiger partial charge >= 0.3 is 0 Å². The number of hydrogen-bond donors (Lipinski definition) is 2. The van der Waals surface area contributed by atoms with Crippen LogP contribution in [0.15, 0.2) is 33.0 Å². The van der Waals surface area contributed by atoms with Crippen LogP contribution in [-0.2, 0) is 11.3 Å². The number of aromatic nitrogens is 4. The van der Waals surface area contributed by atoms with Crippen molar-refractivity contribution in [3.05, 3.63) is 28.4 Å². The molecule has 6 rings (SSSR count). The zero-order valence-electron chi connectivity index (χ0n) is 20.0. The van der Waals surface area contributed by atoms with E-state index in [0.717, 1.165) is 72.5 Å². The van der Waals surface area contributed by atoms with Crippen LogP contribution >= 0.6 is 27.7 Å². The summed E-state index contributed by atoms with van der Waals surface area (Å²) in [5, 5.41) is 8.96. The van der Waals surface area contributed by atoms with Crippen LogP contribution in [0.3, 0.4) is 0 Å². The van der Waals surface area contributed by atoms with Crippen molar-refractivity contribution in [2.45, 2.75) is 61.5 Å². The topological polar surface area (TPSA) is 109 Å². The number of H-pyrrole nitrogens is 1. The van der Waals surface area contributed by atoms with Crippen LogP contribution in [0.5, 0.6) is 11.5 Å². The second-order valence-corrected chi connectivity index (χ2v) is 11.7. The van der Waals surface area contributed by atoms with Crippen LogP contribution in [0.25, 0.3) is 11.2 Å². The van der Waals surface area contributed by atoms with E-state index in [4.69, 9.17) is 19.9 Å². The molecule has 0 spiro atoms. The molecule has 3 aromatic rings. The fourth-order valence-corrected chi connectivity index (χ4v) is 6.83. The number of hydrogen-bond acceptors (Lipinski definition) is 7. The minimum atomic E-state index is 0.184. The first-order valence-corrected chi connectivity index (χ1v) is 14.2. The molecule has 0 bridgehead atoms. The Labute approximate surface area is 221 Å². The molecule has 4 heterocycles. The summed E-state index contributed by atoms with van der Waals surface area (Å²) in [6, 6.07) is 3.83. The fourth-order valence-electron chi connectivity index (χ4n) is 5.45. The number of aromatic amines is 1. The molecular weight excluding hydrogens is 544 g/mol. The lowest BCUT2D eigenvalue weighted by atomic mass is 9.92. The van der Waals surface area contributed by atoms with Crippen LogP contribution in [0.1, 0.15) is 44.9 Å². The molecule has 0 atom stereocenters. The van der Waals surface area contributed by atoms with E-state index in [2.05, 4.69) is 30.8 Å². The summed E-state index contributed by atoms with van der Waals surface area (Å²) in [5.74, 6) is 2.66. The number of carbonyl (C=O) groups excluding carboxylic acids is 1. The molecule has 2 N–H and O–H groups in total. The van der Waals surface area contributed by atoms with E-state index in [1.165, 1.54) is 24.6 Å². The van der Waals surface area contributed by atoms with E-state index >= 15 is 0 Å². The molecule has 2 aromatic heterocycles. The third kappa shape index (κ3) is 4.74. The predicted octanol–water partition coefficient (Wildman–Crippen LogP) is 4.70. The SMILES string of the molecule is N=c1ncn(CCC2CCN(C(=O)C3CCCC3)CC2)c2nc(Sc3cc4c(cc3Br)OCO4)[nH]c12. The zero-order valence-corrected chi connectivity index (χ0v) is 22.4. The average molecular weight is 574 g/mol. The monoisotopic (exact) mass is 572 g/mol. The van der Waals surface area contributed by atoms with Gasteiger partial charge in [0.2, 0.25) is 12.7 Å². The number of nitrogens with zero attached hydrogens (tertiary/aromatic N) is 4. The van der Waals surface area contributed by atoms with Gasteiger partial charge in [0.05, 0.1) is 6.33 Å². The standard InChI is InChI=1S/C25H29BrN6O3S/c26-17-11-18-19(35-14-34-18)12-20(17)36-25-29-21-22(27)28-13-32(23(21)30-25)10-7-15-5-8-31(9-6-15)24(33)16-3-1-2-4-16/h11-13,15-16,27H,1-10,14H2,(H,29,30). The Hall–Kier alpha value is -2.53. The molecule has 190 valence electrons. The number of aryl methyl sites for hydroxylation is 1. The van der Waals surface area contributed by atoms with Gasteiger partial charge in [-0.1, -0.05) is 24.6 Å². The van der Waals surface area contributed by atoms with E-state index in [1.807, 2.05) is 16.7 Å². The highest BCUT2D eigenvalue weighted by Crippen LogP contribution is 2.42. The normalized spacial score (nSPS) is 18.4. The van der Waals surface area contributed by atoms with Crippen LogP contribution in [0, 0.1) is 17.2 Å². The lowest BCUT2D eigenvalue weighted by Gasteiger charge is -2.33. The highest BCUT2D eigenvalue weighted by Gasteiger charge is 2.30. The molecule has 11 heteroatoms. The number of likely N-dealkylation sites (tertiary alicyclic amines) is 1. The maximum Gasteiger partial charge on any atom is 0.231 e. The van der Waals surface area contributed by atoms with Gasteiger partial charge in [-0.05, 0) is 66.1 Å². The molecule has 1 saturated carbocycles. The summed E-state index contributed by atoms with van der Waals surface area (Å²) in [5.41, 5.74) is 1.56. The third-order valence-corrected chi connectivity index (χ3v) is 9.40. The third-order valence-electron chi connectivity index (χ3n) is 7.54. The Kier molecular flexibility index (Phi) is 6.68. The maximum atomic E-state index is 12.7.